The van der Waals surface area contributed by atoms with Crippen LogP contribution in [0.25, 0.3) is 11.0 Å². The van der Waals surface area contributed by atoms with E-state index in [1.807, 2.05) is 85.3 Å². The molecule has 0 aliphatic carbocycles. The fourth-order valence-electron chi connectivity index (χ4n) is 3.03. The zero-order valence-electron chi connectivity index (χ0n) is 15.3. The highest BCUT2D eigenvalue weighted by Crippen LogP contribution is 2.18. The predicted molar refractivity (Wildman–Crippen MR) is 107 cm³/mol. The van der Waals surface area contributed by atoms with Gasteiger partial charge in [-0.25, -0.2) is 4.68 Å². The lowest BCUT2D eigenvalue weighted by Crippen LogP contribution is -2.13. The van der Waals surface area contributed by atoms with Crippen molar-refractivity contribution in [3.8, 4) is 0 Å². The van der Waals surface area contributed by atoms with Crippen LogP contribution in [0.15, 0.2) is 66.7 Å². The Hall–Kier alpha value is -3.47. The van der Waals surface area contributed by atoms with Crippen LogP contribution in [0.5, 0.6) is 0 Å². The first-order chi connectivity index (χ1) is 13.1. The van der Waals surface area contributed by atoms with Crippen molar-refractivity contribution >= 4 is 22.6 Å². The Morgan fingerprint density at radius 1 is 1.00 bits per heavy atom. The number of aromatic nitrogens is 3. The Balaban J connectivity index is 1.50. The lowest BCUT2D eigenvalue weighted by Gasteiger charge is -2.10. The van der Waals surface area contributed by atoms with Gasteiger partial charge < -0.3 is 5.32 Å². The summed E-state index contributed by atoms with van der Waals surface area (Å²) in [5, 5.41) is 11.4. The van der Waals surface area contributed by atoms with Gasteiger partial charge in [-0.1, -0.05) is 41.6 Å². The third-order valence-electron chi connectivity index (χ3n) is 4.61. The van der Waals surface area contributed by atoms with E-state index in [2.05, 4.69) is 15.6 Å². The molecular weight excluding hydrogens is 336 g/mol. The Morgan fingerprint density at radius 2 is 1.78 bits per heavy atom. The van der Waals surface area contributed by atoms with Crippen molar-refractivity contribution in [3.63, 3.8) is 0 Å². The number of anilines is 1. The smallest absolute Gasteiger partial charge is 0.255 e. The van der Waals surface area contributed by atoms with Crippen molar-refractivity contribution < 1.29 is 4.79 Å². The summed E-state index contributed by atoms with van der Waals surface area (Å²) in [6.07, 6.45) is 0. The summed E-state index contributed by atoms with van der Waals surface area (Å²) in [5.74, 6) is -0.110. The Kier molecular flexibility index (Phi) is 4.42. The topological polar surface area (TPSA) is 59.8 Å². The number of carbonyl (C=O) groups excluding carboxylic acids is 1. The van der Waals surface area contributed by atoms with Gasteiger partial charge in [0.2, 0.25) is 0 Å². The molecule has 0 aliphatic rings. The molecule has 0 spiro atoms. The van der Waals surface area contributed by atoms with E-state index in [-0.39, 0.29) is 5.91 Å². The molecule has 0 fully saturated rings. The average Bonchev–Trinajstić information content (AvgIpc) is 3.08. The molecule has 3 aromatic carbocycles. The van der Waals surface area contributed by atoms with E-state index < -0.39 is 0 Å². The zero-order valence-corrected chi connectivity index (χ0v) is 15.3. The number of nitrogens with one attached hydrogen (secondary N) is 1. The van der Waals surface area contributed by atoms with Gasteiger partial charge in [-0.2, -0.15) is 0 Å². The molecule has 0 bridgehead atoms. The molecule has 4 rings (SSSR count). The maximum Gasteiger partial charge on any atom is 0.255 e. The molecule has 1 N–H and O–H groups in total. The van der Waals surface area contributed by atoms with Crippen LogP contribution in [-0.2, 0) is 6.54 Å². The standard InChI is InChI=1S/C22H20N4O/c1-15-7-8-16(2)20(13-15)23-22(27)18-11-9-17(10-12-18)14-26-21-6-4-3-5-19(21)24-25-26/h3-13H,14H2,1-2H3,(H,23,27). The summed E-state index contributed by atoms with van der Waals surface area (Å²) in [4.78, 5) is 12.5. The number of hydrogen-bond donors (Lipinski definition) is 1. The van der Waals surface area contributed by atoms with Crippen LogP contribution in [-0.4, -0.2) is 20.9 Å². The number of nitrogens with zero attached hydrogens (tertiary/aromatic N) is 3. The van der Waals surface area contributed by atoms with Crippen molar-refractivity contribution in [3.05, 3.63) is 89.0 Å². The van der Waals surface area contributed by atoms with Crippen LogP contribution >= 0.6 is 0 Å². The maximum atomic E-state index is 12.5. The van der Waals surface area contributed by atoms with Crippen molar-refractivity contribution in [2.75, 3.05) is 5.32 Å². The van der Waals surface area contributed by atoms with Crippen LogP contribution in [0.2, 0.25) is 0 Å². The van der Waals surface area contributed by atoms with Crippen molar-refractivity contribution in [2.45, 2.75) is 20.4 Å². The van der Waals surface area contributed by atoms with Gasteiger partial charge in [-0.3, -0.25) is 4.79 Å². The normalized spacial score (nSPS) is 10.9. The van der Waals surface area contributed by atoms with E-state index in [4.69, 9.17) is 0 Å². The van der Waals surface area contributed by atoms with Gasteiger partial charge in [0.1, 0.15) is 5.52 Å². The van der Waals surface area contributed by atoms with Gasteiger partial charge in [-0.05, 0) is 60.9 Å². The second kappa shape index (κ2) is 7.03. The van der Waals surface area contributed by atoms with E-state index in [1.54, 1.807) is 0 Å². The summed E-state index contributed by atoms with van der Waals surface area (Å²) >= 11 is 0. The average molecular weight is 356 g/mol. The van der Waals surface area contributed by atoms with E-state index in [9.17, 15) is 4.79 Å². The van der Waals surface area contributed by atoms with E-state index in [0.29, 0.717) is 12.1 Å². The summed E-state index contributed by atoms with van der Waals surface area (Å²) < 4.78 is 1.86. The first kappa shape index (κ1) is 17.0. The zero-order chi connectivity index (χ0) is 18.8. The van der Waals surface area contributed by atoms with E-state index in [1.165, 1.54) is 0 Å². The molecule has 0 radical (unpaired) electrons. The highest BCUT2D eigenvalue weighted by atomic mass is 16.1. The van der Waals surface area contributed by atoms with Crippen molar-refractivity contribution in [2.24, 2.45) is 0 Å². The van der Waals surface area contributed by atoms with Gasteiger partial charge in [0, 0.05) is 11.3 Å². The van der Waals surface area contributed by atoms with Gasteiger partial charge in [0.15, 0.2) is 0 Å². The van der Waals surface area contributed by atoms with Crippen LogP contribution < -0.4 is 5.32 Å². The van der Waals surface area contributed by atoms with Crippen molar-refractivity contribution in [1.29, 1.82) is 0 Å². The summed E-state index contributed by atoms with van der Waals surface area (Å²) in [6, 6.07) is 21.5. The number of aryl methyl sites for hydroxylation is 2. The highest BCUT2D eigenvalue weighted by Gasteiger charge is 2.09. The lowest BCUT2D eigenvalue weighted by molar-refractivity contribution is 0.102. The van der Waals surface area contributed by atoms with E-state index in [0.717, 1.165) is 33.4 Å². The summed E-state index contributed by atoms with van der Waals surface area (Å²) in [6.45, 7) is 4.61. The molecule has 0 saturated heterocycles. The van der Waals surface area contributed by atoms with Gasteiger partial charge in [0.05, 0.1) is 12.1 Å². The van der Waals surface area contributed by atoms with Crippen LogP contribution in [0.1, 0.15) is 27.0 Å². The Morgan fingerprint density at radius 3 is 2.59 bits per heavy atom. The Labute approximate surface area is 157 Å². The predicted octanol–water partition coefficient (Wildman–Crippen LogP) is 4.35. The molecule has 0 saturated carbocycles. The first-order valence-corrected chi connectivity index (χ1v) is 8.86. The third kappa shape index (κ3) is 3.58. The molecule has 1 heterocycles. The maximum absolute atomic E-state index is 12.5. The number of benzene rings is 3. The van der Waals surface area contributed by atoms with Crippen molar-refractivity contribution in [1.82, 2.24) is 15.0 Å². The fraction of sp³-hybridized carbons (Fsp3) is 0.136. The molecule has 5 nitrogen and oxygen atoms in total. The summed E-state index contributed by atoms with van der Waals surface area (Å²) in [7, 11) is 0. The van der Waals surface area contributed by atoms with Crippen LogP contribution in [0.3, 0.4) is 0 Å². The number of fused-ring (bicyclic) bond motifs is 1. The number of para-hydroxylation sites is 1. The lowest BCUT2D eigenvalue weighted by atomic mass is 10.1. The number of rotatable bonds is 4. The largest absolute Gasteiger partial charge is 0.322 e. The highest BCUT2D eigenvalue weighted by molar-refractivity contribution is 6.04. The molecule has 0 unspecified atom stereocenters. The molecule has 1 amide bonds. The molecule has 0 atom stereocenters. The minimum Gasteiger partial charge on any atom is -0.322 e. The minimum atomic E-state index is -0.110. The van der Waals surface area contributed by atoms with Gasteiger partial charge in [-0.15, -0.1) is 5.10 Å². The molecule has 4 aromatic rings. The Bertz CT molecular complexity index is 1110. The molecular formula is C22H20N4O. The molecule has 1 aromatic heterocycles. The number of carbonyl (C=O) groups is 1. The molecule has 134 valence electrons. The fourth-order valence-corrected chi connectivity index (χ4v) is 3.03. The molecule has 0 aliphatic heterocycles. The first-order valence-electron chi connectivity index (χ1n) is 8.86. The minimum absolute atomic E-state index is 0.110. The van der Waals surface area contributed by atoms with E-state index >= 15 is 0 Å². The third-order valence-corrected chi connectivity index (χ3v) is 4.61. The second-order valence-corrected chi connectivity index (χ2v) is 6.71. The number of amides is 1. The monoisotopic (exact) mass is 356 g/mol. The SMILES string of the molecule is Cc1ccc(C)c(NC(=O)c2ccc(Cn3nnc4ccccc43)cc2)c1. The van der Waals surface area contributed by atoms with Crippen LogP contribution in [0, 0.1) is 13.8 Å². The summed E-state index contributed by atoms with van der Waals surface area (Å²) in [5.41, 5.74) is 6.57. The molecule has 27 heavy (non-hydrogen) atoms. The van der Waals surface area contributed by atoms with Crippen LogP contribution in [0.4, 0.5) is 5.69 Å². The second-order valence-electron chi connectivity index (χ2n) is 6.71. The number of hydrogen-bond acceptors (Lipinski definition) is 3. The molecule has 5 heteroatoms. The quantitative estimate of drug-likeness (QED) is 0.591. The van der Waals surface area contributed by atoms with Gasteiger partial charge in [0.25, 0.3) is 5.91 Å². The van der Waals surface area contributed by atoms with Gasteiger partial charge >= 0.3 is 0 Å².